The number of phenolic OH excluding ortho intramolecular Hbond substituents is 1. The number of para-hydroxylation sites is 2. The van der Waals surface area contributed by atoms with Gasteiger partial charge in [0.1, 0.15) is 29.6 Å². The second kappa shape index (κ2) is 7.37. The highest BCUT2D eigenvalue weighted by Crippen LogP contribution is 2.26. The van der Waals surface area contributed by atoms with E-state index < -0.39 is 18.3 Å². The summed E-state index contributed by atoms with van der Waals surface area (Å²) >= 11 is 0. The average molecular weight is 385 g/mol. The minimum absolute atomic E-state index is 0.0289. The van der Waals surface area contributed by atoms with E-state index in [-0.39, 0.29) is 22.7 Å². The molecule has 1 aromatic heterocycles. The number of esters is 1. The number of aliphatic hydroxyl groups excluding tert-OH is 1. The van der Waals surface area contributed by atoms with Gasteiger partial charge in [0.05, 0.1) is 11.0 Å². The van der Waals surface area contributed by atoms with Crippen LogP contribution in [0.2, 0.25) is 0 Å². The van der Waals surface area contributed by atoms with E-state index in [9.17, 15) is 20.3 Å². The first kappa shape index (κ1) is 18.1. The second-order valence-electron chi connectivity index (χ2n) is 6.33. The third-order valence-electron chi connectivity index (χ3n) is 4.45. The molecule has 0 saturated heterocycles. The third kappa shape index (κ3) is 3.47. The van der Waals surface area contributed by atoms with Crippen molar-refractivity contribution >= 4 is 33.3 Å². The minimum atomic E-state index is -0.818. The Morgan fingerprint density at radius 1 is 1.10 bits per heavy atom. The molecular formula is C22H15N3O4. The van der Waals surface area contributed by atoms with Gasteiger partial charge in [-0.05, 0) is 35.0 Å². The van der Waals surface area contributed by atoms with Crippen molar-refractivity contribution in [3.63, 3.8) is 0 Å². The van der Waals surface area contributed by atoms with Crippen LogP contribution in [0, 0.1) is 11.3 Å². The number of aromatic amines is 1. The number of rotatable bonds is 4. The van der Waals surface area contributed by atoms with Crippen LogP contribution in [0.25, 0.3) is 27.4 Å². The molecule has 1 heterocycles. The van der Waals surface area contributed by atoms with Crippen molar-refractivity contribution in [3.8, 4) is 11.8 Å². The molecule has 0 fully saturated rings. The number of carbonyl (C=O) groups excluding carboxylic acids is 1. The average Bonchev–Trinajstić information content (AvgIpc) is 3.15. The van der Waals surface area contributed by atoms with Gasteiger partial charge in [-0.15, -0.1) is 0 Å². The first-order valence-corrected chi connectivity index (χ1v) is 8.73. The number of fused-ring (bicyclic) bond motifs is 2. The van der Waals surface area contributed by atoms with E-state index in [0.29, 0.717) is 11.0 Å². The maximum absolute atomic E-state index is 12.4. The molecule has 3 aromatic carbocycles. The maximum atomic E-state index is 12.4. The molecule has 7 heteroatoms. The summed E-state index contributed by atoms with van der Waals surface area (Å²) in [5.41, 5.74) is 1.19. The lowest BCUT2D eigenvalue weighted by atomic mass is 10.1. The molecule has 4 rings (SSSR count). The van der Waals surface area contributed by atoms with Crippen LogP contribution in [-0.2, 0) is 4.74 Å². The zero-order valence-electron chi connectivity index (χ0n) is 15.1. The van der Waals surface area contributed by atoms with Crippen molar-refractivity contribution in [3.05, 3.63) is 77.8 Å². The van der Waals surface area contributed by atoms with Crippen molar-refractivity contribution in [1.82, 2.24) is 9.97 Å². The molecule has 7 nitrogen and oxygen atoms in total. The molecule has 29 heavy (non-hydrogen) atoms. The lowest BCUT2D eigenvalue weighted by molar-refractivity contribution is 0.0499. The number of allylic oxidation sites excluding steroid dienone is 1. The van der Waals surface area contributed by atoms with Gasteiger partial charge in [0.25, 0.3) is 0 Å². The number of phenols is 1. The Bertz CT molecular complexity index is 1280. The summed E-state index contributed by atoms with van der Waals surface area (Å²) in [4.78, 5) is 19.6. The van der Waals surface area contributed by atoms with Crippen LogP contribution in [0.1, 0.15) is 16.2 Å². The number of imidazole rings is 1. The SMILES string of the molecule is N#C/C(=C(/O)COC(=O)c1cc2ccccc2cc1O)c1nc2ccccc2[nH]1. The molecule has 0 aliphatic rings. The molecule has 0 bridgehead atoms. The highest BCUT2D eigenvalue weighted by molar-refractivity contribution is 5.98. The highest BCUT2D eigenvalue weighted by atomic mass is 16.5. The lowest BCUT2D eigenvalue weighted by Gasteiger charge is -2.08. The number of ether oxygens (including phenoxy) is 1. The van der Waals surface area contributed by atoms with E-state index in [2.05, 4.69) is 9.97 Å². The van der Waals surface area contributed by atoms with E-state index in [1.54, 1.807) is 24.3 Å². The number of carbonyl (C=O) groups is 1. The number of benzene rings is 3. The number of aromatic hydroxyl groups is 1. The summed E-state index contributed by atoms with van der Waals surface area (Å²) in [6, 6.07) is 19.3. The number of aromatic nitrogens is 2. The zero-order valence-corrected chi connectivity index (χ0v) is 15.1. The van der Waals surface area contributed by atoms with Crippen LogP contribution < -0.4 is 0 Å². The van der Waals surface area contributed by atoms with Crippen LogP contribution in [-0.4, -0.2) is 32.8 Å². The number of nitrogens with zero attached hydrogens (tertiary/aromatic N) is 2. The Balaban J connectivity index is 1.57. The van der Waals surface area contributed by atoms with Crippen LogP contribution in [0.4, 0.5) is 0 Å². The van der Waals surface area contributed by atoms with E-state index in [0.717, 1.165) is 10.8 Å². The fraction of sp³-hybridized carbons (Fsp3) is 0.0455. The Morgan fingerprint density at radius 2 is 1.79 bits per heavy atom. The first-order chi connectivity index (χ1) is 14.1. The summed E-state index contributed by atoms with van der Waals surface area (Å²) in [6.07, 6.45) is 0. The van der Waals surface area contributed by atoms with Crippen LogP contribution in [0.3, 0.4) is 0 Å². The lowest BCUT2D eigenvalue weighted by Crippen LogP contribution is -2.09. The first-order valence-electron chi connectivity index (χ1n) is 8.73. The summed E-state index contributed by atoms with van der Waals surface area (Å²) in [5, 5.41) is 31.3. The van der Waals surface area contributed by atoms with Crippen LogP contribution in [0.5, 0.6) is 5.75 Å². The van der Waals surface area contributed by atoms with Gasteiger partial charge in [0, 0.05) is 0 Å². The number of H-pyrrole nitrogens is 1. The Labute approximate surface area is 165 Å². The molecule has 142 valence electrons. The van der Waals surface area contributed by atoms with E-state index >= 15 is 0 Å². The number of nitriles is 1. The minimum Gasteiger partial charge on any atom is -0.507 e. The number of aliphatic hydroxyl groups is 1. The second-order valence-corrected chi connectivity index (χ2v) is 6.33. The van der Waals surface area contributed by atoms with Gasteiger partial charge in [0.15, 0.2) is 11.6 Å². The van der Waals surface area contributed by atoms with Gasteiger partial charge >= 0.3 is 5.97 Å². The largest absolute Gasteiger partial charge is 0.507 e. The normalized spacial score (nSPS) is 11.8. The summed E-state index contributed by atoms with van der Waals surface area (Å²) in [5.74, 6) is -1.31. The zero-order chi connectivity index (χ0) is 20.4. The van der Waals surface area contributed by atoms with Crippen molar-refractivity contribution in [2.45, 2.75) is 0 Å². The monoisotopic (exact) mass is 385 g/mol. The van der Waals surface area contributed by atoms with Crippen molar-refractivity contribution in [2.24, 2.45) is 0 Å². The molecule has 0 atom stereocenters. The van der Waals surface area contributed by atoms with Gasteiger partial charge in [0.2, 0.25) is 0 Å². The molecule has 3 N–H and O–H groups in total. The van der Waals surface area contributed by atoms with E-state index in [4.69, 9.17) is 4.74 Å². The molecule has 4 aromatic rings. The topological polar surface area (TPSA) is 119 Å². The number of hydrogen-bond donors (Lipinski definition) is 3. The van der Waals surface area contributed by atoms with E-state index in [1.165, 1.54) is 12.1 Å². The third-order valence-corrected chi connectivity index (χ3v) is 4.45. The van der Waals surface area contributed by atoms with E-state index in [1.807, 2.05) is 30.3 Å². The molecule has 0 spiro atoms. The Hall–Kier alpha value is -4.31. The predicted molar refractivity (Wildman–Crippen MR) is 107 cm³/mol. The number of nitrogens with one attached hydrogen (secondary N) is 1. The van der Waals surface area contributed by atoms with Gasteiger partial charge in [-0.2, -0.15) is 5.26 Å². The fourth-order valence-corrected chi connectivity index (χ4v) is 3.00. The highest BCUT2D eigenvalue weighted by Gasteiger charge is 2.18. The Morgan fingerprint density at radius 3 is 2.52 bits per heavy atom. The molecule has 0 saturated carbocycles. The fourth-order valence-electron chi connectivity index (χ4n) is 3.00. The van der Waals surface area contributed by atoms with Crippen LogP contribution >= 0.6 is 0 Å². The molecule has 0 radical (unpaired) electrons. The van der Waals surface area contributed by atoms with Crippen molar-refractivity contribution < 1.29 is 19.7 Å². The summed E-state index contributed by atoms with van der Waals surface area (Å²) in [6.45, 7) is -0.537. The van der Waals surface area contributed by atoms with Gasteiger partial charge in [-0.3, -0.25) is 0 Å². The predicted octanol–water partition coefficient (Wildman–Crippen LogP) is 4.07. The quantitative estimate of drug-likeness (QED) is 0.277. The molecule has 0 unspecified atom stereocenters. The Kier molecular flexibility index (Phi) is 4.59. The molecule has 0 aliphatic heterocycles. The van der Waals surface area contributed by atoms with Gasteiger partial charge < -0.3 is 19.9 Å². The van der Waals surface area contributed by atoms with Crippen molar-refractivity contribution in [1.29, 1.82) is 5.26 Å². The standard InChI is InChI=1S/C22H15N3O4/c23-11-16(21-24-17-7-3-4-8-18(17)25-21)20(27)12-29-22(28)15-9-13-5-1-2-6-14(13)10-19(15)26/h1-10,26-27H,12H2,(H,24,25)/b20-16-. The maximum Gasteiger partial charge on any atom is 0.342 e. The van der Waals surface area contributed by atoms with Gasteiger partial charge in [-0.1, -0.05) is 36.4 Å². The molecular weight excluding hydrogens is 370 g/mol. The molecule has 0 aliphatic carbocycles. The van der Waals surface area contributed by atoms with Gasteiger partial charge in [-0.25, -0.2) is 9.78 Å². The molecule has 0 amide bonds. The smallest absolute Gasteiger partial charge is 0.342 e. The number of hydrogen-bond acceptors (Lipinski definition) is 6. The summed E-state index contributed by atoms with van der Waals surface area (Å²) < 4.78 is 5.10. The van der Waals surface area contributed by atoms with Crippen molar-refractivity contribution in [2.75, 3.05) is 6.61 Å². The van der Waals surface area contributed by atoms with Crippen LogP contribution in [0.15, 0.2) is 66.4 Å². The summed E-state index contributed by atoms with van der Waals surface area (Å²) in [7, 11) is 0.